The van der Waals surface area contributed by atoms with E-state index in [-0.39, 0.29) is 5.04 Å². The van der Waals surface area contributed by atoms with Gasteiger partial charge in [-0.2, -0.15) is 5.10 Å². The van der Waals surface area contributed by atoms with E-state index in [1.165, 1.54) is 16.1 Å². The van der Waals surface area contributed by atoms with Crippen LogP contribution in [0.15, 0.2) is 97.2 Å². The normalized spacial score (nSPS) is 15.2. The first-order valence-corrected chi connectivity index (χ1v) is 15.0. The van der Waals surface area contributed by atoms with E-state index in [2.05, 4.69) is 121 Å². The van der Waals surface area contributed by atoms with Crippen molar-refractivity contribution < 1.29 is 4.43 Å². The number of rotatable bonds is 7. The van der Waals surface area contributed by atoms with Crippen molar-refractivity contribution in [2.45, 2.75) is 38.7 Å². The molecule has 4 nitrogen and oxygen atoms in total. The summed E-state index contributed by atoms with van der Waals surface area (Å²) in [4.78, 5) is 2.51. The zero-order chi connectivity index (χ0) is 25.0. The van der Waals surface area contributed by atoms with Crippen LogP contribution >= 0.6 is 0 Å². The fourth-order valence-electron chi connectivity index (χ4n) is 5.63. The molecular formula is C31H37N3OSi. The number of nitrogens with zero attached hydrogens (tertiary/aromatic N) is 2. The molecule has 0 aliphatic carbocycles. The van der Waals surface area contributed by atoms with Gasteiger partial charge >= 0.3 is 0 Å². The summed E-state index contributed by atoms with van der Waals surface area (Å²) in [7, 11) is -2.47. The summed E-state index contributed by atoms with van der Waals surface area (Å²) in [5, 5.41) is 9.92. The topological polar surface area (TPSA) is 41.1 Å². The Bertz CT molecular complexity index is 1170. The highest BCUT2D eigenvalue weighted by Gasteiger charge is 2.50. The van der Waals surface area contributed by atoms with Crippen LogP contribution in [-0.2, 0) is 4.43 Å². The molecule has 4 aromatic rings. The van der Waals surface area contributed by atoms with Crippen molar-refractivity contribution in [3.05, 3.63) is 97.2 Å². The van der Waals surface area contributed by atoms with Gasteiger partial charge in [0.15, 0.2) is 0 Å². The molecule has 36 heavy (non-hydrogen) atoms. The molecule has 2 heterocycles. The summed E-state index contributed by atoms with van der Waals surface area (Å²) in [6, 6.07) is 32.7. The fourth-order valence-corrected chi connectivity index (χ4v) is 10.3. The molecule has 1 N–H and O–H groups in total. The minimum absolute atomic E-state index is 0.0203. The van der Waals surface area contributed by atoms with Crippen LogP contribution in [0.4, 0.5) is 5.69 Å². The van der Waals surface area contributed by atoms with Gasteiger partial charge in [-0.25, -0.2) is 0 Å². The van der Waals surface area contributed by atoms with E-state index in [1.807, 2.05) is 12.3 Å². The molecule has 0 spiro atoms. The lowest BCUT2D eigenvalue weighted by atomic mass is 9.97. The molecule has 0 amide bonds. The van der Waals surface area contributed by atoms with E-state index < -0.39 is 8.32 Å². The maximum atomic E-state index is 7.21. The van der Waals surface area contributed by atoms with Gasteiger partial charge in [-0.05, 0) is 52.4 Å². The highest BCUT2D eigenvalue weighted by Crippen LogP contribution is 2.37. The fraction of sp³-hybridized carbons (Fsp3) is 0.323. The summed E-state index contributed by atoms with van der Waals surface area (Å²) < 4.78 is 7.21. The van der Waals surface area contributed by atoms with Gasteiger partial charge < -0.3 is 9.33 Å². The Morgan fingerprint density at radius 3 is 1.92 bits per heavy atom. The van der Waals surface area contributed by atoms with Gasteiger partial charge in [-0.1, -0.05) is 93.6 Å². The lowest BCUT2D eigenvalue weighted by Crippen LogP contribution is -2.67. The Labute approximate surface area is 216 Å². The van der Waals surface area contributed by atoms with Crippen molar-refractivity contribution in [3.63, 3.8) is 0 Å². The molecular weight excluding hydrogens is 458 g/mol. The standard InChI is InChI=1S/C31H37N3OSi/c1-31(2,3)36(28-10-6-4-7-11-28,29-12-8-5-9-13-29)35-24-25-19-22-34(23-20-25)27-16-14-26(15-17-27)30-18-21-32-33-30/h4-18,21,25H,19-20,22-24H2,1-3H3,(H,32,33). The summed E-state index contributed by atoms with van der Waals surface area (Å²) in [6.07, 6.45) is 4.17. The molecule has 186 valence electrons. The van der Waals surface area contributed by atoms with Crippen LogP contribution in [0.25, 0.3) is 11.3 Å². The number of nitrogens with one attached hydrogen (secondary N) is 1. The van der Waals surface area contributed by atoms with E-state index in [1.54, 1.807) is 0 Å². The maximum absolute atomic E-state index is 7.21. The lowest BCUT2D eigenvalue weighted by molar-refractivity contribution is 0.211. The first-order valence-electron chi connectivity index (χ1n) is 13.1. The van der Waals surface area contributed by atoms with Crippen LogP contribution in [-0.4, -0.2) is 38.2 Å². The number of aromatic nitrogens is 2. The van der Waals surface area contributed by atoms with Gasteiger partial charge in [0.25, 0.3) is 8.32 Å². The number of piperidine rings is 1. The molecule has 0 unspecified atom stereocenters. The Balaban J connectivity index is 1.29. The highest BCUT2D eigenvalue weighted by atomic mass is 28.4. The molecule has 5 rings (SSSR count). The number of hydrogen-bond acceptors (Lipinski definition) is 3. The molecule has 1 aliphatic heterocycles. The molecule has 5 heteroatoms. The third-order valence-electron chi connectivity index (χ3n) is 7.60. The number of anilines is 1. The predicted octanol–water partition coefficient (Wildman–Crippen LogP) is 5.87. The van der Waals surface area contributed by atoms with Gasteiger partial charge in [-0.3, -0.25) is 5.10 Å². The third-order valence-corrected chi connectivity index (χ3v) is 12.6. The Hall–Kier alpha value is -3.15. The van der Waals surface area contributed by atoms with Crippen molar-refractivity contribution in [2.75, 3.05) is 24.6 Å². The minimum Gasteiger partial charge on any atom is -0.407 e. The van der Waals surface area contributed by atoms with Crippen LogP contribution < -0.4 is 15.3 Å². The first kappa shape index (κ1) is 24.5. The maximum Gasteiger partial charge on any atom is 0.261 e. The van der Waals surface area contributed by atoms with Crippen molar-refractivity contribution in [3.8, 4) is 11.3 Å². The van der Waals surface area contributed by atoms with Gasteiger partial charge in [0.2, 0.25) is 0 Å². The quantitative estimate of drug-likeness (QED) is 0.326. The smallest absolute Gasteiger partial charge is 0.261 e. The molecule has 0 saturated carbocycles. The zero-order valence-corrected chi connectivity index (χ0v) is 22.7. The van der Waals surface area contributed by atoms with E-state index in [9.17, 15) is 0 Å². The second-order valence-corrected chi connectivity index (χ2v) is 15.2. The number of H-pyrrole nitrogens is 1. The molecule has 0 bridgehead atoms. The largest absolute Gasteiger partial charge is 0.407 e. The molecule has 1 aliphatic rings. The van der Waals surface area contributed by atoms with Crippen LogP contribution in [0.1, 0.15) is 33.6 Å². The van der Waals surface area contributed by atoms with Gasteiger partial charge in [0.05, 0.1) is 5.69 Å². The van der Waals surface area contributed by atoms with Crippen molar-refractivity contribution in [1.82, 2.24) is 10.2 Å². The molecule has 3 aromatic carbocycles. The summed E-state index contributed by atoms with van der Waals surface area (Å²) in [5.41, 5.74) is 3.43. The molecule has 1 fully saturated rings. The minimum atomic E-state index is -2.47. The number of benzene rings is 3. The Morgan fingerprint density at radius 1 is 0.833 bits per heavy atom. The highest BCUT2D eigenvalue weighted by molar-refractivity contribution is 6.99. The summed E-state index contributed by atoms with van der Waals surface area (Å²) in [6.45, 7) is 10.0. The predicted molar refractivity (Wildman–Crippen MR) is 153 cm³/mol. The number of hydrogen-bond donors (Lipinski definition) is 1. The van der Waals surface area contributed by atoms with Crippen LogP contribution in [0.2, 0.25) is 5.04 Å². The Kier molecular flexibility index (Phi) is 7.12. The Morgan fingerprint density at radius 2 is 1.42 bits per heavy atom. The average molecular weight is 496 g/mol. The number of aromatic amines is 1. The van der Waals surface area contributed by atoms with Crippen LogP contribution in [0, 0.1) is 5.92 Å². The van der Waals surface area contributed by atoms with Crippen molar-refractivity contribution in [1.29, 1.82) is 0 Å². The van der Waals surface area contributed by atoms with E-state index in [4.69, 9.17) is 4.43 Å². The average Bonchev–Trinajstić information content (AvgIpc) is 3.45. The molecule has 1 saturated heterocycles. The lowest BCUT2D eigenvalue weighted by Gasteiger charge is -2.44. The van der Waals surface area contributed by atoms with Crippen LogP contribution in [0.5, 0.6) is 0 Å². The van der Waals surface area contributed by atoms with Gasteiger partial charge in [-0.15, -0.1) is 0 Å². The van der Waals surface area contributed by atoms with Crippen molar-refractivity contribution >= 4 is 24.4 Å². The third kappa shape index (κ3) is 4.91. The van der Waals surface area contributed by atoms with E-state index >= 15 is 0 Å². The van der Waals surface area contributed by atoms with E-state index in [0.717, 1.165) is 43.8 Å². The van der Waals surface area contributed by atoms with Gasteiger partial charge in [0.1, 0.15) is 0 Å². The SMILES string of the molecule is CC(C)(C)[Si](OCC1CCN(c2ccc(-c3cc[nH]n3)cc2)CC1)(c1ccccc1)c1ccccc1. The monoisotopic (exact) mass is 495 g/mol. The van der Waals surface area contributed by atoms with Crippen LogP contribution in [0.3, 0.4) is 0 Å². The second-order valence-electron chi connectivity index (χ2n) is 10.9. The summed E-state index contributed by atoms with van der Waals surface area (Å²) >= 11 is 0. The molecule has 1 aromatic heterocycles. The molecule has 0 atom stereocenters. The molecule has 0 radical (unpaired) electrons. The summed E-state index contributed by atoms with van der Waals surface area (Å²) in [5.74, 6) is 0.575. The van der Waals surface area contributed by atoms with Gasteiger partial charge in [0, 0.05) is 37.1 Å². The zero-order valence-electron chi connectivity index (χ0n) is 21.7. The van der Waals surface area contributed by atoms with Crippen molar-refractivity contribution in [2.24, 2.45) is 5.92 Å². The first-order chi connectivity index (χ1) is 17.5. The van der Waals surface area contributed by atoms with E-state index in [0.29, 0.717) is 5.92 Å². The second kappa shape index (κ2) is 10.5.